The van der Waals surface area contributed by atoms with E-state index in [1.54, 1.807) is 18.3 Å². The number of nitrogens with two attached hydrogens (primary N) is 1. The molecule has 0 saturated heterocycles. The molecular weight excluding hydrogens is 291 g/mol. The van der Waals surface area contributed by atoms with E-state index in [1.165, 1.54) is 25.3 Å². The Morgan fingerprint density at radius 2 is 1.96 bits per heavy atom. The second-order valence-electron chi connectivity index (χ2n) is 6.02. The highest BCUT2D eigenvalue weighted by atomic mass is 19.1. The second-order valence-corrected chi connectivity index (χ2v) is 6.02. The van der Waals surface area contributed by atoms with Gasteiger partial charge in [0.2, 0.25) is 0 Å². The van der Waals surface area contributed by atoms with Gasteiger partial charge in [0.25, 0.3) is 0 Å². The first kappa shape index (κ1) is 15.9. The number of nitrogens with one attached hydrogen (secondary N) is 1. The summed E-state index contributed by atoms with van der Waals surface area (Å²) in [5, 5.41) is 3.20. The zero-order chi connectivity index (χ0) is 16.1. The van der Waals surface area contributed by atoms with Gasteiger partial charge in [0, 0.05) is 24.6 Å². The summed E-state index contributed by atoms with van der Waals surface area (Å²) in [6.07, 6.45) is 7.73. The molecule has 3 N–H and O–H groups in total. The SMILES string of the molecule is NCCNc1cnc(C2CCCCC2)nc1-c1ccccc1F. The molecule has 1 aliphatic carbocycles. The number of hydrogen-bond acceptors (Lipinski definition) is 4. The smallest absolute Gasteiger partial charge is 0.132 e. The molecular formula is C18H23FN4. The first-order valence-electron chi connectivity index (χ1n) is 8.35. The molecule has 1 heterocycles. The third-order valence-corrected chi connectivity index (χ3v) is 4.37. The van der Waals surface area contributed by atoms with Crippen LogP contribution in [0.2, 0.25) is 0 Å². The molecule has 0 bridgehead atoms. The van der Waals surface area contributed by atoms with Crippen LogP contribution in [0.5, 0.6) is 0 Å². The summed E-state index contributed by atoms with van der Waals surface area (Å²) in [4.78, 5) is 9.26. The van der Waals surface area contributed by atoms with Crippen molar-refractivity contribution in [1.29, 1.82) is 0 Å². The Bertz CT molecular complexity index is 653. The van der Waals surface area contributed by atoms with E-state index in [-0.39, 0.29) is 5.82 Å². The predicted octanol–water partition coefficient (Wildman–Crippen LogP) is 3.70. The lowest BCUT2D eigenvalue weighted by atomic mass is 9.88. The van der Waals surface area contributed by atoms with Gasteiger partial charge in [-0.15, -0.1) is 0 Å². The minimum Gasteiger partial charge on any atom is -0.381 e. The van der Waals surface area contributed by atoms with Gasteiger partial charge < -0.3 is 11.1 Å². The van der Waals surface area contributed by atoms with E-state index in [0.29, 0.717) is 30.3 Å². The van der Waals surface area contributed by atoms with Gasteiger partial charge >= 0.3 is 0 Å². The van der Waals surface area contributed by atoms with Crippen molar-refractivity contribution in [1.82, 2.24) is 9.97 Å². The lowest BCUT2D eigenvalue weighted by molar-refractivity contribution is 0.429. The van der Waals surface area contributed by atoms with E-state index >= 15 is 0 Å². The molecule has 3 rings (SSSR count). The molecule has 122 valence electrons. The van der Waals surface area contributed by atoms with E-state index < -0.39 is 0 Å². The molecule has 1 fully saturated rings. The predicted molar refractivity (Wildman–Crippen MR) is 90.8 cm³/mol. The number of anilines is 1. The number of aromatic nitrogens is 2. The summed E-state index contributed by atoms with van der Waals surface area (Å²) in [5.41, 5.74) is 7.44. The summed E-state index contributed by atoms with van der Waals surface area (Å²) < 4.78 is 14.2. The van der Waals surface area contributed by atoms with Crippen LogP contribution >= 0.6 is 0 Å². The van der Waals surface area contributed by atoms with Crippen LogP contribution in [0.15, 0.2) is 30.5 Å². The van der Waals surface area contributed by atoms with Crippen molar-refractivity contribution < 1.29 is 4.39 Å². The Hall–Kier alpha value is -2.01. The molecule has 23 heavy (non-hydrogen) atoms. The molecule has 5 heteroatoms. The van der Waals surface area contributed by atoms with Crippen molar-refractivity contribution in [3.63, 3.8) is 0 Å². The van der Waals surface area contributed by atoms with Crippen LogP contribution in [0, 0.1) is 5.82 Å². The van der Waals surface area contributed by atoms with Crippen LogP contribution in [-0.2, 0) is 0 Å². The quantitative estimate of drug-likeness (QED) is 0.883. The van der Waals surface area contributed by atoms with Crippen LogP contribution in [0.4, 0.5) is 10.1 Å². The highest BCUT2D eigenvalue weighted by Crippen LogP contribution is 2.34. The number of hydrogen-bond donors (Lipinski definition) is 2. The van der Waals surface area contributed by atoms with Crippen molar-refractivity contribution in [2.24, 2.45) is 5.73 Å². The van der Waals surface area contributed by atoms with Crippen molar-refractivity contribution in [3.05, 3.63) is 42.1 Å². The van der Waals surface area contributed by atoms with Gasteiger partial charge in [-0.1, -0.05) is 31.4 Å². The van der Waals surface area contributed by atoms with E-state index in [4.69, 9.17) is 10.7 Å². The molecule has 0 unspecified atom stereocenters. The Kier molecular flexibility index (Phi) is 5.18. The zero-order valence-electron chi connectivity index (χ0n) is 13.3. The normalized spacial score (nSPS) is 15.6. The summed E-state index contributed by atoms with van der Waals surface area (Å²) >= 11 is 0. The lowest BCUT2D eigenvalue weighted by Gasteiger charge is -2.21. The molecule has 0 radical (unpaired) electrons. The molecule has 1 saturated carbocycles. The van der Waals surface area contributed by atoms with Crippen LogP contribution in [0.1, 0.15) is 43.8 Å². The maximum absolute atomic E-state index is 14.2. The van der Waals surface area contributed by atoms with Gasteiger partial charge in [-0.05, 0) is 25.0 Å². The Labute approximate surface area is 136 Å². The number of halogens is 1. The number of benzene rings is 1. The second kappa shape index (κ2) is 7.51. The highest BCUT2D eigenvalue weighted by molar-refractivity contribution is 5.74. The monoisotopic (exact) mass is 314 g/mol. The fourth-order valence-electron chi connectivity index (χ4n) is 3.15. The molecule has 1 aromatic heterocycles. The van der Waals surface area contributed by atoms with E-state index in [0.717, 1.165) is 24.4 Å². The molecule has 0 aliphatic heterocycles. The molecule has 4 nitrogen and oxygen atoms in total. The first-order valence-corrected chi connectivity index (χ1v) is 8.35. The number of nitrogens with zero attached hydrogens (tertiary/aromatic N) is 2. The summed E-state index contributed by atoms with van der Waals surface area (Å²) in [7, 11) is 0. The van der Waals surface area contributed by atoms with Gasteiger partial charge in [0.1, 0.15) is 17.3 Å². The van der Waals surface area contributed by atoms with Gasteiger partial charge in [0.05, 0.1) is 11.9 Å². The van der Waals surface area contributed by atoms with Crippen LogP contribution < -0.4 is 11.1 Å². The van der Waals surface area contributed by atoms with Crippen molar-refractivity contribution in [2.45, 2.75) is 38.0 Å². The molecule has 2 aromatic rings. The Morgan fingerprint density at radius 1 is 1.17 bits per heavy atom. The fraction of sp³-hybridized carbons (Fsp3) is 0.444. The third kappa shape index (κ3) is 3.67. The maximum atomic E-state index is 14.2. The fourth-order valence-corrected chi connectivity index (χ4v) is 3.15. The van der Waals surface area contributed by atoms with Crippen LogP contribution in [0.25, 0.3) is 11.3 Å². The van der Waals surface area contributed by atoms with E-state index in [9.17, 15) is 4.39 Å². The van der Waals surface area contributed by atoms with E-state index in [2.05, 4.69) is 10.3 Å². The van der Waals surface area contributed by atoms with Gasteiger partial charge in [-0.2, -0.15) is 0 Å². The van der Waals surface area contributed by atoms with Crippen molar-refractivity contribution >= 4 is 5.69 Å². The largest absolute Gasteiger partial charge is 0.381 e. The zero-order valence-corrected chi connectivity index (χ0v) is 13.3. The standard InChI is InChI=1S/C18H23FN4/c19-15-9-5-4-8-14(15)17-16(21-11-10-20)12-22-18(23-17)13-6-2-1-3-7-13/h4-5,8-9,12-13,21H,1-3,6-7,10-11,20H2. The van der Waals surface area contributed by atoms with Crippen molar-refractivity contribution in [2.75, 3.05) is 18.4 Å². The van der Waals surface area contributed by atoms with Crippen LogP contribution in [0.3, 0.4) is 0 Å². The van der Waals surface area contributed by atoms with E-state index in [1.807, 2.05) is 6.07 Å². The average Bonchev–Trinajstić information content (AvgIpc) is 2.61. The summed E-state index contributed by atoms with van der Waals surface area (Å²) in [6.45, 7) is 1.11. The summed E-state index contributed by atoms with van der Waals surface area (Å²) in [6, 6.07) is 6.74. The van der Waals surface area contributed by atoms with Crippen molar-refractivity contribution in [3.8, 4) is 11.3 Å². The number of rotatable bonds is 5. The Balaban J connectivity index is 1.99. The molecule has 0 atom stereocenters. The minimum absolute atomic E-state index is 0.267. The lowest BCUT2D eigenvalue weighted by Crippen LogP contribution is -2.16. The van der Waals surface area contributed by atoms with Gasteiger partial charge in [0.15, 0.2) is 0 Å². The topological polar surface area (TPSA) is 63.8 Å². The third-order valence-electron chi connectivity index (χ3n) is 4.37. The van der Waals surface area contributed by atoms with Crippen LogP contribution in [-0.4, -0.2) is 23.1 Å². The first-order chi connectivity index (χ1) is 11.3. The minimum atomic E-state index is -0.267. The maximum Gasteiger partial charge on any atom is 0.132 e. The van der Waals surface area contributed by atoms with Gasteiger partial charge in [-0.3, -0.25) is 0 Å². The molecule has 0 amide bonds. The summed E-state index contributed by atoms with van der Waals surface area (Å²) in [5.74, 6) is 0.954. The van der Waals surface area contributed by atoms with Gasteiger partial charge in [-0.25, -0.2) is 14.4 Å². The Morgan fingerprint density at radius 3 is 2.70 bits per heavy atom. The highest BCUT2D eigenvalue weighted by Gasteiger charge is 2.20. The average molecular weight is 314 g/mol. The molecule has 0 spiro atoms. The molecule has 1 aromatic carbocycles. The molecule has 1 aliphatic rings.